The van der Waals surface area contributed by atoms with Gasteiger partial charge in [0.1, 0.15) is 5.75 Å². The first-order chi connectivity index (χ1) is 9.55. The second kappa shape index (κ2) is 4.77. The summed E-state index contributed by atoms with van der Waals surface area (Å²) >= 11 is 3.56. The van der Waals surface area contributed by atoms with Gasteiger partial charge in [-0.2, -0.15) is 0 Å². The van der Waals surface area contributed by atoms with E-state index >= 15 is 0 Å². The number of benzene rings is 1. The summed E-state index contributed by atoms with van der Waals surface area (Å²) in [7, 11) is 1.68. The molecule has 20 heavy (non-hydrogen) atoms. The molecule has 4 heteroatoms. The van der Waals surface area contributed by atoms with Crippen molar-refractivity contribution in [1.82, 2.24) is 4.98 Å². The van der Waals surface area contributed by atoms with Gasteiger partial charge in [-0.25, -0.2) is 0 Å². The summed E-state index contributed by atoms with van der Waals surface area (Å²) in [6, 6.07) is 7.71. The summed E-state index contributed by atoms with van der Waals surface area (Å²) in [6.07, 6.45) is 3.96. The van der Waals surface area contributed by atoms with Crippen LogP contribution in [0.25, 0.3) is 11.1 Å². The van der Waals surface area contributed by atoms with E-state index in [1.807, 2.05) is 18.2 Å². The second-order valence-electron chi connectivity index (χ2n) is 5.51. The van der Waals surface area contributed by atoms with Crippen molar-refractivity contribution in [3.63, 3.8) is 0 Å². The van der Waals surface area contributed by atoms with Crippen LogP contribution >= 0.6 is 15.9 Å². The summed E-state index contributed by atoms with van der Waals surface area (Å²) in [5, 5.41) is 0. The van der Waals surface area contributed by atoms with E-state index in [2.05, 4.69) is 33.9 Å². The molecule has 0 bridgehead atoms. The van der Waals surface area contributed by atoms with Crippen molar-refractivity contribution >= 4 is 15.9 Å². The molecule has 0 aliphatic heterocycles. The molecule has 0 atom stereocenters. The Bertz CT molecular complexity index is 717. The van der Waals surface area contributed by atoms with Crippen LogP contribution in [0.4, 0.5) is 0 Å². The maximum atomic E-state index is 12.0. The van der Waals surface area contributed by atoms with Crippen LogP contribution in [0.2, 0.25) is 0 Å². The van der Waals surface area contributed by atoms with E-state index in [1.54, 1.807) is 13.3 Å². The van der Waals surface area contributed by atoms with E-state index in [1.165, 1.54) is 5.56 Å². The number of aromatic amines is 1. The number of aromatic nitrogens is 1. The lowest BCUT2D eigenvalue weighted by atomic mass is 9.93. The first-order valence-corrected chi connectivity index (χ1v) is 7.40. The fourth-order valence-electron chi connectivity index (χ4n) is 2.51. The highest BCUT2D eigenvalue weighted by Crippen LogP contribution is 2.53. The van der Waals surface area contributed by atoms with Crippen LogP contribution in [-0.2, 0) is 5.41 Å². The molecule has 1 heterocycles. The Morgan fingerprint density at radius 3 is 2.70 bits per heavy atom. The molecule has 1 aromatic carbocycles. The van der Waals surface area contributed by atoms with Gasteiger partial charge in [-0.15, -0.1) is 0 Å². The zero-order chi connectivity index (χ0) is 14.3. The van der Waals surface area contributed by atoms with Crippen molar-refractivity contribution < 1.29 is 4.74 Å². The van der Waals surface area contributed by atoms with Crippen LogP contribution in [0.3, 0.4) is 0 Å². The molecular formula is C16H16BrNO2. The van der Waals surface area contributed by atoms with Crippen molar-refractivity contribution in [1.29, 1.82) is 0 Å². The summed E-state index contributed by atoms with van der Waals surface area (Å²) < 4.78 is 6.42. The first kappa shape index (κ1) is 13.4. The van der Waals surface area contributed by atoms with Crippen LogP contribution in [0.5, 0.6) is 5.75 Å². The number of methoxy groups -OCH3 is 1. The minimum Gasteiger partial charge on any atom is -0.495 e. The zero-order valence-corrected chi connectivity index (χ0v) is 13.1. The van der Waals surface area contributed by atoms with Gasteiger partial charge in [0.15, 0.2) is 0 Å². The van der Waals surface area contributed by atoms with E-state index in [4.69, 9.17) is 4.74 Å². The molecule has 1 aliphatic carbocycles. The van der Waals surface area contributed by atoms with Gasteiger partial charge in [0, 0.05) is 17.3 Å². The van der Waals surface area contributed by atoms with Crippen molar-refractivity contribution in [2.75, 3.05) is 7.11 Å². The van der Waals surface area contributed by atoms with E-state index in [0.717, 1.165) is 28.6 Å². The monoisotopic (exact) mass is 333 g/mol. The van der Waals surface area contributed by atoms with Crippen molar-refractivity contribution in [2.24, 2.45) is 0 Å². The molecule has 1 N–H and O–H groups in total. The smallest absolute Gasteiger partial charge is 0.255 e. The second-order valence-corrected chi connectivity index (χ2v) is 6.37. The molecule has 104 valence electrons. The van der Waals surface area contributed by atoms with Gasteiger partial charge in [-0.3, -0.25) is 4.79 Å². The minimum atomic E-state index is -0.0727. The lowest BCUT2D eigenvalue weighted by Crippen LogP contribution is -2.09. The Kier molecular flexibility index (Phi) is 3.21. The minimum absolute atomic E-state index is 0.0727. The third kappa shape index (κ3) is 2.18. The Hall–Kier alpha value is -1.55. The predicted molar refractivity (Wildman–Crippen MR) is 83.3 cm³/mol. The predicted octanol–water partition coefficient (Wildman–Crippen LogP) is 3.86. The molecule has 1 fully saturated rings. The van der Waals surface area contributed by atoms with E-state index in [0.29, 0.717) is 5.56 Å². The van der Waals surface area contributed by atoms with E-state index < -0.39 is 0 Å². The summed E-state index contributed by atoms with van der Waals surface area (Å²) in [5.41, 5.74) is 2.87. The average Bonchev–Trinajstić information content (AvgIpc) is 3.17. The maximum absolute atomic E-state index is 12.0. The quantitative estimate of drug-likeness (QED) is 0.926. The largest absolute Gasteiger partial charge is 0.495 e. The Morgan fingerprint density at radius 2 is 2.10 bits per heavy atom. The van der Waals surface area contributed by atoms with Crippen LogP contribution in [0, 0.1) is 0 Å². The SMILES string of the molecule is COc1c(Br)cc(-c2ccc[nH]c2=O)cc1C1(C)CC1. The molecule has 1 saturated carbocycles. The molecule has 0 spiro atoms. The zero-order valence-electron chi connectivity index (χ0n) is 11.5. The van der Waals surface area contributed by atoms with Gasteiger partial charge < -0.3 is 9.72 Å². The molecule has 0 saturated heterocycles. The average molecular weight is 334 g/mol. The standard InChI is InChI=1S/C16H16BrNO2/c1-16(5-6-16)12-8-10(9-13(17)14(12)20-2)11-4-3-7-18-15(11)19/h3-4,7-9H,5-6H2,1-2H3,(H,18,19). The number of hydrogen-bond donors (Lipinski definition) is 1. The third-order valence-corrected chi connectivity index (χ3v) is 4.62. The summed E-state index contributed by atoms with van der Waals surface area (Å²) in [4.78, 5) is 14.7. The molecule has 0 unspecified atom stereocenters. The van der Waals surface area contributed by atoms with Gasteiger partial charge >= 0.3 is 0 Å². The lowest BCUT2D eigenvalue weighted by molar-refractivity contribution is 0.403. The van der Waals surface area contributed by atoms with Gasteiger partial charge in [0.25, 0.3) is 5.56 Å². The van der Waals surface area contributed by atoms with E-state index in [-0.39, 0.29) is 11.0 Å². The molecule has 3 rings (SSSR count). The van der Waals surface area contributed by atoms with Crippen molar-refractivity contribution in [2.45, 2.75) is 25.2 Å². The van der Waals surface area contributed by atoms with Crippen LogP contribution < -0.4 is 10.3 Å². The third-order valence-electron chi connectivity index (χ3n) is 4.03. The Morgan fingerprint density at radius 1 is 1.35 bits per heavy atom. The number of H-pyrrole nitrogens is 1. The molecule has 0 radical (unpaired) electrons. The summed E-state index contributed by atoms with van der Waals surface area (Å²) in [5.74, 6) is 0.876. The van der Waals surface area contributed by atoms with Gasteiger partial charge in [-0.05, 0) is 64.0 Å². The number of pyridine rings is 1. The number of nitrogens with one attached hydrogen (secondary N) is 1. The van der Waals surface area contributed by atoms with Gasteiger partial charge in [0.05, 0.1) is 11.6 Å². The van der Waals surface area contributed by atoms with Crippen LogP contribution in [0.1, 0.15) is 25.3 Å². The van der Waals surface area contributed by atoms with Crippen LogP contribution in [-0.4, -0.2) is 12.1 Å². The van der Waals surface area contributed by atoms with E-state index in [9.17, 15) is 4.79 Å². The topological polar surface area (TPSA) is 42.1 Å². The highest BCUT2D eigenvalue weighted by atomic mass is 79.9. The lowest BCUT2D eigenvalue weighted by Gasteiger charge is -2.17. The Labute approximate surface area is 126 Å². The normalized spacial score (nSPS) is 15.9. The molecule has 2 aromatic rings. The molecule has 1 aromatic heterocycles. The number of halogens is 1. The van der Waals surface area contributed by atoms with Gasteiger partial charge in [0.2, 0.25) is 0 Å². The Balaban J connectivity index is 2.22. The van der Waals surface area contributed by atoms with Gasteiger partial charge in [-0.1, -0.05) is 6.92 Å². The number of hydrogen-bond acceptors (Lipinski definition) is 2. The van der Waals surface area contributed by atoms with Crippen LogP contribution in [0.15, 0.2) is 39.7 Å². The maximum Gasteiger partial charge on any atom is 0.255 e. The highest BCUT2D eigenvalue weighted by molar-refractivity contribution is 9.10. The fourth-order valence-corrected chi connectivity index (χ4v) is 3.13. The van der Waals surface area contributed by atoms with Crippen molar-refractivity contribution in [3.8, 4) is 16.9 Å². The first-order valence-electron chi connectivity index (χ1n) is 6.61. The molecule has 0 amide bonds. The molecule has 1 aliphatic rings. The number of ether oxygens (including phenoxy) is 1. The van der Waals surface area contributed by atoms with Crippen molar-refractivity contribution in [3.05, 3.63) is 50.9 Å². The fraction of sp³-hybridized carbons (Fsp3) is 0.312. The molecule has 3 nitrogen and oxygen atoms in total. The summed E-state index contributed by atoms with van der Waals surface area (Å²) in [6.45, 7) is 2.23. The highest BCUT2D eigenvalue weighted by Gasteiger charge is 2.42. The number of rotatable bonds is 3. The molecular weight excluding hydrogens is 318 g/mol.